The maximum Gasteiger partial charge on any atom is 0.204 e. The molecule has 1 aliphatic heterocycles. The summed E-state index contributed by atoms with van der Waals surface area (Å²) >= 11 is 3.40. The number of thioether (sulfide) groups is 1. The number of ether oxygens (including phenoxy) is 1. The highest BCUT2D eigenvalue weighted by Gasteiger charge is 2.25. The summed E-state index contributed by atoms with van der Waals surface area (Å²) in [7, 11) is 5.92. The first-order valence-electron chi connectivity index (χ1n) is 14.2. The molecule has 4 aromatic rings. The van der Waals surface area contributed by atoms with E-state index in [0.29, 0.717) is 22.5 Å². The molecule has 1 saturated heterocycles. The fraction of sp³-hybridized carbons (Fsp3) is 0.387. The van der Waals surface area contributed by atoms with Crippen LogP contribution in [0.15, 0.2) is 69.5 Å². The molecule has 3 heterocycles. The molecule has 1 fully saturated rings. The third-order valence-electron chi connectivity index (χ3n) is 7.04. The van der Waals surface area contributed by atoms with Crippen LogP contribution in [0.3, 0.4) is 0 Å². The standard InChI is InChI=1S/C31H40N8OS2/c1-22-7-6-8-24(19-22)21-41-25-9-11-26(12-10-25)42-31-33-29(32-27-20-23(2)35-36-27)28(40-5)30(34-31)39-17-15-38(16-18-39)14-13-37(3)4/h6-12,19-20H,13-18,21H2,1-5H3,(H2,32,33,34,35,36). The van der Waals surface area contributed by atoms with E-state index in [-0.39, 0.29) is 0 Å². The molecule has 0 atom stereocenters. The minimum absolute atomic E-state index is 0.608. The van der Waals surface area contributed by atoms with Gasteiger partial charge in [-0.15, -0.1) is 11.8 Å². The molecule has 2 N–H and O–H groups in total. The van der Waals surface area contributed by atoms with E-state index in [1.807, 2.05) is 24.8 Å². The highest BCUT2D eigenvalue weighted by atomic mass is 32.2. The Bertz CT molecular complexity index is 1450. The number of H-pyrrole nitrogens is 1. The number of nitrogens with one attached hydrogen (secondary N) is 2. The van der Waals surface area contributed by atoms with Crippen LogP contribution in [0, 0.1) is 13.8 Å². The van der Waals surface area contributed by atoms with Gasteiger partial charge < -0.3 is 19.9 Å². The van der Waals surface area contributed by atoms with Crippen LogP contribution in [0.25, 0.3) is 0 Å². The SMILES string of the molecule is COc1c(Nc2cc(C)[nH]n2)nc(Sc2ccc(SCc3cccc(C)c3)cc2)nc1N1CCN(CCN(C)C)CC1. The molecule has 0 radical (unpaired) electrons. The number of hydrogen-bond acceptors (Lipinski definition) is 10. The van der Waals surface area contributed by atoms with Crippen LogP contribution in [0.4, 0.5) is 17.5 Å². The van der Waals surface area contributed by atoms with Gasteiger partial charge in [-0.1, -0.05) is 29.8 Å². The van der Waals surface area contributed by atoms with Crippen LogP contribution in [0.5, 0.6) is 5.75 Å². The Balaban J connectivity index is 1.34. The number of benzene rings is 2. The molecule has 11 heteroatoms. The number of aromatic amines is 1. The van der Waals surface area contributed by atoms with Crippen molar-refractivity contribution in [3.63, 3.8) is 0 Å². The first kappa shape index (κ1) is 30.2. The molecular weight excluding hydrogens is 565 g/mol. The summed E-state index contributed by atoms with van der Waals surface area (Å²) in [6.45, 7) is 9.93. The van der Waals surface area contributed by atoms with Crippen LogP contribution < -0.4 is 15.0 Å². The van der Waals surface area contributed by atoms with E-state index < -0.39 is 0 Å². The highest BCUT2D eigenvalue weighted by molar-refractivity contribution is 7.99. The Labute approximate surface area is 257 Å². The zero-order valence-electron chi connectivity index (χ0n) is 25.1. The Hall–Kier alpha value is -3.25. The van der Waals surface area contributed by atoms with Gasteiger partial charge in [0, 0.05) is 66.6 Å². The molecule has 0 aliphatic carbocycles. The summed E-state index contributed by atoms with van der Waals surface area (Å²) < 4.78 is 5.91. The monoisotopic (exact) mass is 604 g/mol. The number of nitrogens with zero attached hydrogens (tertiary/aromatic N) is 6. The van der Waals surface area contributed by atoms with Crippen molar-refractivity contribution < 1.29 is 4.74 Å². The molecule has 0 spiro atoms. The van der Waals surface area contributed by atoms with Gasteiger partial charge in [-0.2, -0.15) is 5.10 Å². The van der Waals surface area contributed by atoms with E-state index in [2.05, 4.69) is 99.8 Å². The zero-order valence-corrected chi connectivity index (χ0v) is 26.7. The quantitative estimate of drug-likeness (QED) is 0.155. The second kappa shape index (κ2) is 14.3. The van der Waals surface area contributed by atoms with Crippen LogP contribution >= 0.6 is 23.5 Å². The van der Waals surface area contributed by atoms with E-state index in [1.165, 1.54) is 16.0 Å². The minimum atomic E-state index is 0.608. The highest BCUT2D eigenvalue weighted by Crippen LogP contribution is 2.38. The van der Waals surface area contributed by atoms with Gasteiger partial charge in [0.05, 0.1) is 7.11 Å². The van der Waals surface area contributed by atoms with Gasteiger partial charge in [0.15, 0.2) is 22.6 Å². The Morgan fingerprint density at radius 2 is 1.74 bits per heavy atom. The molecule has 222 valence electrons. The van der Waals surface area contributed by atoms with Crippen LogP contribution in [0.2, 0.25) is 0 Å². The molecule has 5 rings (SSSR count). The second-order valence-electron chi connectivity index (χ2n) is 10.8. The molecule has 0 bridgehead atoms. The molecule has 2 aromatic carbocycles. The van der Waals surface area contributed by atoms with E-state index in [4.69, 9.17) is 14.7 Å². The number of aromatic nitrogens is 4. The van der Waals surface area contributed by atoms with Gasteiger partial charge in [-0.05, 0) is 69.5 Å². The van der Waals surface area contributed by atoms with Crippen LogP contribution in [0.1, 0.15) is 16.8 Å². The minimum Gasteiger partial charge on any atom is -0.490 e. The lowest BCUT2D eigenvalue weighted by Crippen LogP contribution is -2.48. The van der Waals surface area contributed by atoms with E-state index >= 15 is 0 Å². The zero-order chi connectivity index (χ0) is 29.5. The number of aryl methyl sites for hydroxylation is 2. The largest absolute Gasteiger partial charge is 0.490 e. The summed E-state index contributed by atoms with van der Waals surface area (Å²) in [6.07, 6.45) is 0. The number of anilines is 3. The summed E-state index contributed by atoms with van der Waals surface area (Å²) in [5.41, 5.74) is 3.60. The fourth-order valence-corrected chi connectivity index (χ4v) is 6.35. The Kier molecular flexibility index (Phi) is 10.3. The summed E-state index contributed by atoms with van der Waals surface area (Å²) in [4.78, 5) is 19.3. The average molecular weight is 605 g/mol. The molecule has 1 aliphatic rings. The number of likely N-dealkylation sites (N-methyl/N-ethyl adjacent to an activating group) is 1. The predicted molar refractivity (Wildman–Crippen MR) is 174 cm³/mol. The smallest absolute Gasteiger partial charge is 0.204 e. The maximum absolute atomic E-state index is 5.91. The van der Waals surface area contributed by atoms with Gasteiger partial charge in [-0.3, -0.25) is 10.00 Å². The third-order valence-corrected chi connectivity index (χ3v) is 9.00. The average Bonchev–Trinajstić information content (AvgIpc) is 3.40. The number of hydrogen-bond donors (Lipinski definition) is 2. The molecule has 0 unspecified atom stereocenters. The normalized spacial score (nSPS) is 14.0. The first-order valence-corrected chi connectivity index (χ1v) is 16.0. The van der Waals surface area contributed by atoms with Crippen molar-refractivity contribution in [2.24, 2.45) is 0 Å². The van der Waals surface area contributed by atoms with Crippen molar-refractivity contribution >= 4 is 41.0 Å². The fourth-order valence-electron chi connectivity index (χ4n) is 4.76. The van der Waals surface area contributed by atoms with Gasteiger partial charge >= 0.3 is 0 Å². The second-order valence-corrected chi connectivity index (χ2v) is 12.8. The topological polar surface area (TPSA) is 85.4 Å². The number of methoxy groups -OCH3 is 1. The van der Waals surface area contributed by atoms with Gasteiger partial charge in [0.1, 0.15) is 0 Å². The summed E-state index contributed by atoms with van der Waals surface area (Å²) in [6, 6.07) is 19.3. The lowest BCUT2D eigenvalue weighted by molar-refractivity contribution is 0.228. The Morgan fingerprint density at radius 3 is 2.40 bits per heavy atom. The molecular formula is C31H40N8OS2. The molecule has 2 aromatic heterocycles. The lowest BCUT2D eigenvalue weighted by atomic mass is 10.2. The maximum atomic E-state index is 5.91. The Morgan fingerprint density at radius 1 is 0.976 bits per heavy atom. The van der Waals surface area contributed by atoms with E-state index in [9.17, 15) is 0 Å². The predicted octanol–water partition coefficient (Wildman–Crippen LogP) is 5.70. The molecule has 42 heavy (non-hydrogen) atoms. The molecule has 0 amide bonds. The van der Waals surface area contributed by atoms with Crippen LogP contribution in [-0.2, 0) is 5.75 Å². The molecule has 9 nitrogen and oxygen atoms in total. The van der Waals surface area contributed by atoms with Crippen molar-refractivity contribution in [3.05, 3.63) is 71.4 Å². The first-order chi connectivity index (χ1) is 20.4. The van der Waals surface area contributed by atoms with Gasteiger partial charge in [0.25, 0.3) is 0 Å². The van der Waals surface area contributed by atoms with Gasteiger partial charge in [-0.25, -0.2) is 9.97 Å². The van der Waals surface area contributed by atoms with Crippen molar-refractivity contribution in [2.75, 3.05) is 70.7 Å². The molecule has 0 saturated carbocycles. The van der Waals surface area contributed by atoms with Crippen molar-refractivity contribution in [3.8, 4) is 5.75 Å². The van der Waals surface area contributed by atoms with Gasteiger partial charge in [0.2, 0.25) is 5.75 Å². The van der Waals surface area contributed by atoms with E-state index in [1.54, 1.807) is 18.9 Å². The van der Waals surface area contributed by atoms with Crippen LogP contribution in [-0.4, -0.2) is 90.4 Å². The lowest BCUT2D eigenvalue weighted by Gasteiger charge is -2.36. The van der Waals surface area contributed by atoms with Crippen molar-refractivity contribution in [2.45, 2.75) is 34.5 Å². The number of rotatable bonds is 12. The third kappa shape index (κ3) is 8.19. The summed E-state index contributed by atoms with van der Waals surface area (Å²) in [5.74, 6) is 3.68. The summed E-state index contributed by atoms with van der Waals surface area (Å²) in [5, 5.41) is 11.4. The van der Waals surface area contributed by atoms with E-state index in [0.717, 1.165) is 61.4 Å². The van der Waals surface area contributed by atoms with Crippen molar-refractivity contribution in [1.82, 2.24) is 30.0 Å². The number of piperazine rings is 1. The van der Waals surface area contributed by atoms with Crippen molar-refractivity contribution in [1.29, 1.82) is 0 Å².